The van der Waals surface area contributed by atoms with Crippen molar-refractivity contribution in [1.29, 1.82) is 0 Å². The molecule has 0 aliphatic heterocycles. The van der Waals surface area contributed by atoms with Gasteiger partial charge in [-0.25, -0.2) is 0 Å². The first-order valence-electron chi connectivity index (χ1n) is 10.1. The Labute approximate surface area is 177 Å². The Balaban J connectivity index is 1.82. The van der Waals surface area contributed by atoms with Crippen molar-refractivity contribution in [2.75, 3.05) is 6.61 Å². The van der Waals surface area contributed by atoms with Crippen LogP contribution in [0.3, 0.4) is 0 Å². The third-order valence-corrected chi connectivity index (χ3v) is 6.69. The fourth-order valence-corrected chi connectivity index (χ4v) is 4.72. The lowest BCUT2D eigenvalue weighted by atomic mass is 9.77. The molecule has 0 bridgehead atoms. The highest BCUT2D eigenvalue weighted by Crippen LogP contribution is 2.37. The third kappa shape index (κ3) is 4.73. The summed E-state index contributed by atoms with van der Waals surface area (Å²) in [5.41, 5.74) is 7.66. The Hall–Kier alpha value is -1.07. The second-order valence-corrected chi connectivity index (χ2v) is 8.98. The lowest BCUT2D eigenvalue weighted by Gasteiger charge is -2.37. The second-order valence-electron chi connectivity index (χ2n) is 8.17. The van der Waals surface area contributed by atoms with Gasteiger partial charge in [-0.1, -0.05) is 49.5 Å². The van der Waals surface area contributed by atoms with Crippen LogP contribution in [0.25, 0.3) is 5.70 Å². The fourth-order valence-electron chi connectivity index (χ4n) is 4.12. The highest BCUT2D eigenvalue weighted by molar-refractivity contribution is 6.37. The second kappa shape index (κ2) is 9.17. The largest absolute Gasteiger partial charge is 0.398 e. The van der Waals surface area contributed by atoms with E-state index >= 15 is 0 Å². The normalized spacial score (nSPS) is 28.8. The highest BCUT2D eigenvalue weighted by atomic mass is 35.5. The van der Waals surface area contributed by atoms with Gasteiger partial charge >= 0.3 is 0 Å². The Kier molecular flexibility index (Phi) is 7.08. The standard InChI is InChI=1S/C22H29Cl2NO3/c1-3-13-10-15(9-12(2)21(13)26)28-11-16(22(27)14-7-8-14)20(25)19-17(23)5-4-6-18(19)24/h4-6,12-15,21,26H,3,7-11,25H2,1-2H3. The van der Waals surface area contributed by atoms with Gasteiger partial charge in [0.25, 0.3) is 0 Å². The maximum Gasteiger partial charge on any atom is 0.166 e. The predicted molar refractivity (Wildman–Crippen MR) is 113 cm³/mol. The predicted octanol–water partition coefficient (Wildman–Crippen LogP) is 4.84. The van der Waals surface area contributed by atoms with Crippen molar-refractivity contribution in [3.8, 4) is 0 Å². The van der Waals surface area contributed by atoms with Crippen LogP contribution in [-0.2, 0) is 9.53 Å². The summed E-state index contributed by atoms with van der Waals surface area (Å²) in [6.07, 6.45) is 3.95. The van der Waals surface area contributed by atoms with Gasteiger partial charge in [-0.2, -0.15) is 0 Å². The molecule has 4 atom stereocenters. The molecule has 4 unspecified atom stereocenters. The number of aliphatic hydroxyl groups excluding tert-OH is 1. The van der Waals surface area contributed by atoms with Gasteiger partial charge in [-0.05, 0) is 49.7 Å². The molecule has 2 fully saturated rings. The molecule has 3 rings (SSSR count). The number of nitrogens with two attached hydrogens (primary N) is 1. The zero-order valence-electron chi connectivity index (χ0n) is 16.5. The molecule has 0 heterocycles. The quantitative estimate of drug-likeness (QED) is 0.612. The lowest BCUT2D eigenvalue weighted by Crippen LogP contribution is -2.39. The van der Waals surface area contributed by atoms with Crippen molar-refractivity contribution in [1.82, 2.24) is 0 Å². The Morgan fingerprint density at radius 2 is 1.89 bits per heavy atom. The zero-order chi connectivity index (χ0) is 20.4. The first kappa shape index (κ1) is 21.6. The molecular formula is C22H29Cl2NO3. The van der Waals surface area contributed by atoms with E-state index < -0.39 is 0 Å². The van der Waals surface area contributed by atoms with Crippen molar-refractivity contribution in [2.24, 2.45) is 23.5 Å². The Bertz CT molecular complexity index is 740. The molecular weight excluding hydrogens is 397 g/mol. The molecule has 1 aromatic carbocycles. The lowest BCUT2D eigenvalue weighted by molar-refractivity contribution is -0.118. The van der Waals surface area contributed by atoms with Gasteiger partial charge in [0, 0.05) is 17.1 Å². The van der Waals surface area contributed by atoms with Crippen molar-refractivity contribution >= 4 is 34.7 Å². The average molecular weight is 426 g/mol. The Morgan fingerprint density at radius 3 is 2.46 bits per heavy atom. The number of benzene rings is 1. The molecule has 0 saturated heterocycles. The van der Waals surface area contributed by atoms with Crippen LogP contribution < -0.4 is 5.73 Å². The van der Waals surface area contributed by atoms with Crippen LogP contribution in [0, 0.1) is 17.8 Å². The number of carbonyl (C=O) groups excluding carboxylic acids is 1. The zero-order valence-corrected chi connectivity index (χ0v) is 18.0. The maximum absolute atomic E-state index is 12.9. The number of carbonyl (C=O) groups is 1. The fraction of sp³-hybridized carbons (Fsp3) is 0.591. The van der Waals surface area contributed by atoms with E-state index in [0.29, 0.717) is 26.9 Å². The summed E-state index contributed by atoms with van der Waals surface area (Å²) in [6.45, 7) is 4.28. The van der Waals surface area contributed by atoms with Crippen LogP contribution in [0.5, 0.6) is 0 Å². The summed E-state index contributed by atoms with van der Waals surface area (Å²) in [5, 5.41) is 11.2. The molecule has 4 nitrogen and oxygen atoms in total. The summed E-state index contributed by atoms with van der Waals surface area (Å²) < 4.78 is 6.16. The van der Waals surface area contributed by atoms with E-state index in [9.17, 15) is 9.90 Å². The molecule has 0 spiro atoms. The van der Waals surface area contributed by atoms with Crippen molar-refractivity contribution < 1.29 is 14.6 Å². The Morgan fingerprint density at radius 1 is 1.25 bits per heavy atom. The van der Waals surface area contributed by atoms with Crippen molar-refractivity contribution in [2.45, 2.75) is 58.2 Å². The minimum Gasteiger partial charge on any atom is -0.398 e. The minimum atomic E-state index is -0.292. The first-order valence-corrected chi connectivity index (χ1v) is 10.9. The number of rotatable bonds is 7. The van der Waals surface area contributed by atoms with E-state index in [1.807, 2.05) is 6.92 Å². The summed E-state index contributed by atoms with van der Waals surface area (Å²) in [7, 11) is 0. The van der Waals surface area contributed by atoms with Gasteiger partial charge in [0.1, 0.15) is 0 Å². The van der Waals surface area contributed by atoms with Crippen LogP contribution in [0.15, 0.2) is 23.8 Å². The van der Waals surface area contributed by atoms with Crippen molar-refractivity contribution in [3.05, 3.63) is 39.4 Å². The molecule has 1 aromatic rings. The highest BCUT2D eigenvalue weighted by Gasteiger charge is 2.36. The van der Waals surface area contributed by atoms with Gasteiger partial charge in [-0.15, -0.1) is 0 Å². The van der Waals surface area contributed by atoms with Gasteiger partial charge in [-0.3, -0.25) is 4.79 Å². The monoisotopic (exact) mass is 425 g/mol. The van der Waals surface area contributed by atoms with E-state index in [4.69, 9.17) is 33.7 Å². The molecule has 28 heavy (non-hydrogen) atoms. The van der Waals surface area contributed by atoms with E-state index in [2.05, 4.69) is 6.92 Å². The number of Topliss-reactive ketones (excluding diaryl/α,β-unsaturated/α-hetero) is 1. The molecule has 2 saturated carbocycles. The van der Waals surface area contributed by atoms with Gasteiger partial charge < -0.3 is 15.6 Å². The SMILES string of the molecule is CCC1CC(OCC(C(=O)C2CC2)=C(N)c2c(Cl)cccc2Cl)CC(C)C1O. The topological polar surface area (TPSA) is 72.5 Å². The van der Waals surface area contributed by atoms with Crippen LogP contribution >= 0.6 is 23.2 Å². The smallest absolute Gasteiger partial charge is 0.166 e. The summed E-state index contributed by atoms with van der Waals surface area (Å²) in [6, 6.07) is 5.18. The van der Waals surface area contributed by atoms with Crippen LogP contribution in [0.1, 0.15) is 51.5 Å². The number of ether oxygens (including phenoxy) is 1. The summed E-state index contributed by atoms with van der Waals surface area (Å²) in [5.74, 6) is 0.444. The van der Waals surface area contributed by atoms with Crippen molar-refractivity contribution in [3.63, 3.8) is 0 Å². The van der Waals surface area contributed by atoms with Gasteiger partial charge in [0.2, 0.25) is 0 Å². The number of halogens is 2. The molecule has 6 heteroatoms. The molecule has 2 aliphatic rings. The van der Waals surface area contributed by atoms with E-state index in [0.717, 1.165) is 32.1 Å². The minimum absolute atomic E-state index is 0.000120. The van der Waals surface area contributed by atoms with Crippen LogP contribution in [0.2, 0.25) is 10.0 Å². The number of ketones is 1. The maximum atomic E-state index is 12.9. The number of hydrogen-bond acceptors (Lipinski definition) is 4. The average Bonchev–Trinajstić information content (AvgIpc) is 3.49. The summed E-state index contributed by atoms with van der Waals surface area (Å²) >= 11 is 12.6. The van der Waals surface area contributed by atoms with Crippen LogP contribution in [0.4, 0.5) is 0 Å². The third-order valence-electron chi connectivity index (χ3n) is 6.06. The summed E-state index contributed by atoms with van der Waals surface area (Å²) in [4.78, 5) is 12.9. The van der Waals surface area contributed by atoms with E-state index in [1.165, 1.54) is 0 Å². The molecule has 0 radical (unpaired) electrons. The van der Waals surface area contributed by atoms with Crippen LogP contribution in [-0.4, -0.2) is 29.7 Å². The molecule has 3 N–H and O–H groups in total. The van der Waals surface area contributed by atoms with Gasteiger partial charge in [0.05, 0.1) is 34.6 Å². The first-order chi connectivity index (χ1) is 13.3. The molecule has 2 aliphatic carbocycles. The number of hydrogen-bond donors (Lipinski definition) is 2. The number of aliphatic hydroxyl groups is 1. The molecule has 0 amide bonds. The molecule has 0 aromatic heterocycles. The van der Waals surface area contributed by atoms with E-state index in [1.54, 1.807) is 18.2 Å². The van der Waals surface area contributed by atoms with E-state index in [-0.39, 0.29) is 42.4 Å². The van der Waals surface area contributed by atoms with Gasteiger partial charge in [0.15, 0.2) is 5.78 Å². The molecule has 154 valence electrons.